The molecule has 0 saturated heterocycles. The van der Waals surface area contributed by atoms with Crippen LogP contribution in [0, 0.1) is 11.8 Å². The van der Waals surface area contributed by atoms with Crippen molar-refractivity contribution in [3.8, 4) is 17.6 Å². The zero-order valence-electron chi connectivity index (χ0n) is 16.4. The Morgan fingerprint density at radius 1 is 0.724 bits per heavy atom. The van der Waals surface area contributed by atoms with Crippen molar-refractivity contribution >= 4 is 5.97 Å². The normalized spacial score (nSPS) is 13.9. The highest BCUT2D eigenvalue weighted by Crippen LogP contribution is 2.33. The van der Waals surface area contributed by atoms with Crippen molar-refractivity contribution < 1.29 is 9.53 Å². The Morgan fingerprint density at radius 3 is 2.00 bits per heavy atom. The first-order valence-electron chi connectivity index (χ1n) is 10.3. The third-order valence-electron chi connectivity index (χ3n) is 5.41. The lowest BCUT2D eigenvalue weighted by atomic mass is 9.84. The lowest BCUT2D eigenvalue weighted by Crippen LogP contribution is -2.09. The van der Waals surface area contributed by atoms with E-state index in [0.29, 0.717) is 17.2 Å². The van der Waals surface area contributed by atoms with Crippen LogP contribution in [0.4, 0.5) is 0 Å². The molecule has 0 aromatic heterocycles. The number of carbonyl (C=O) groups is 1. The second-order valence-electron chi connectivity index (χ2n) is 7.49. The molecule has 3 aromatic carbocycles. The molecule has 2 nitrogen and oxygen atoms in total. The van der Waals surface area contributed by atoms with Gasteiger partial charge in [0.25, 0.3) is 0 Å². The molecule has 0 aliphatic heterocycles. The second kappa shape index (κ2) is 9.26. The summed E-state index contributed by atoms with van der Waals surface area (Å²) < 4.78 is 5.54. The van der Waals surface area contributed by atoms with E-state index in [1.54, 1.807) is 12.1 Å². The van der Waals surface area contributed by atoms with E-state index in [1.165, 1.54) is 37.7 Å². The quantitative estimate of drug-likeness (QED) is 0.300. The average Bonchev–Trinajstić information content (AvgIpc) is 2.80. The van der Waals surface area contributed by atoms with E-state index in [-0.39, 0.29) is 5.97 Å². The number of hydrogen-bond donors (Lipinski definition) is 0. The molecule has 144 valence electrons. The van der Waals surface area contributed by atoms with Crippen LogP contribution >= 0.6 is 0 Å². The lowest BCUT2D eigenvalue weighted by Gasteiger charge is -2.22. The molecule has 0 amide bonds. The van der Waals surface area contributed by atoms with Gasteiger partial charge in [-0.25, -0.2) is 4.79 Å². The topological polar surface area (TPSA) is 26.3 Å². The van der Waals surface area contributed by atoms with E-state index in [0.717, 1.165) is 11.1 Å². The molecule has 0 N–H and O–H groups in total. The largest absolute Gasteiger partial charge is 0.423 e. The molecule has 1 fully saturated rings. The molecule has 1 aliphatic carbocycles. The van der Waals surface area contributed by atoms with Crippen molar-refractivity contribution in [1.29, 1.82) is 0 Å². The van der Waals surface area contributed by atoms with Gasteiger partial charge in [-0.2, -0.15) is 0 Å². The summed E-state index contributed by atoms with van der Waals surface area (Å²) in [5.74, 6) is 7.12. The third-order valence-corrected chi connectivity index (χ3v) is 5.41. The Labute approximate surface area is 172 Å². The molecule has 0 radical (unpaired) electrons. The number of rotatable bonds is 3. The smallest absolute Gasteiger partial charge is 0.343 e. The Morgan fingerprint density at radius 2 is 1.34 bits per heavy atom. The Bertz CT molecular complexity index is 1000. The molecular weight excluding hydrogens is 356 g/mol. The van der Waals surface area contributed by atoms with Crippen molar-refractivity contribution in [2.45, 2.75) is 38.0 Å². The summed E-state index contributed by atoms with van der Waals surface area (Å²) in [5, 5.41) is 0. The summed E-state index contributed by atoms with van der Waals surface area (Å²) >= 11 is 0. The van der Waals surface area contributed by atoms with Gasteiger partial charge < -0.3 is 4.74 Å². The fraction of sp³-hybridized carbons (Fsp3) is 0.222. The molecule has 4 rings (SSSR count). The predicted octanol–water partition coefficient (Wildman–Crippen LogP) is 6.35. The highest BCUT2D eigenvalue weighted by Gasteiger charge is 2.15. The van der Waals surface area contributed by atoms with Crippen LogP contribution in [0.25, 0.3) is 0 Å². The zero-order chi connectivity index (χ0) is 19.9. The van der Waals surface area contributed by atoms with Gasteiger partial charge in [-0.05, 0) is 72.9 Å². The predicted molar refractivity (Wildman–Crippen MR) is 116 cm³/mol. The minimum atomic E-state index is -0.349. The highest BCUT2D eigenvalue weighted by molar-refractivity contribution is 5.91. The van der Waals surface area contributed by atoms with Gasteiger partial charge in [0, 0.05) is 11.1 Å². The molecule has 0 unspecified atom stereocenters. The molecule has 0 atom stereocenters. The Balaban J connectivity index is 1.37. The SMILES string of the molecule is O=C(Oc1ccc(C2CCCCC2)cc1)c1ccc(C#Cc2ccccc2)cc1. The van der Waals surface area contributed by atoms with Crippen LogP contribution in [0.2, 0.25) is 0 Å². The molecule has 0 bridgehead atoms. The van der Waals surface area contributed by atoms with Gasteiger partial charge in [-0.3, -0.25) is 0 Å². The van der Waals surface area contributed by atoms with Gasteiger partial charge in [-0.15, -0.1) is 0 Å². The number of ether oxygens (including phenoxy) is 1. The molecule has 1 saturated carbocycles. The van der Waals surface area contributed by atoms with Crippen molar-refractivity contribution in [1.82, 2.24) is 0 Å². The van der Waals surface area contributed by atoms with Gasteiger partial charge in [0.05, 0.1) is 5.56 Å². The fourth-order valence-corrected chi connectivity index (χ4v) is 3.77. The molecule has 0 heterocycles. The summed E-state index contributed by atoms with van der Waals surface area (Å²) in [6.45, 7) is 0. The molecule has 2 heteroatoms. The standard InChI is InChI=1S/C27H24O2/c28-27(29-26-19-17-24(18-20-26)23-9-5-2-6-10-23)25-15-13-22(14-16-25)12-11-21-7-3-1-4-8-21/h1,3-4,7-8,13-20,23H,2,5-6,9-10H2. The Hall–Kier alpha value is -3.31. The van der Waals surface area contributed by atoms with Crippen LogP contribution in [0.5, 0.6) is 5.75 Å². The van der Waals surface area contributed by atoms with Crippen LogP contribution in [0.15, 0.2) is 78.9 Å². The van der Waals surface area contributed by atoms with E-state index in [2.05, 4.69) is 24.0 Å². The average molecular weight is 380 g/mol. The fourth-order valence-electron chi connectivity index (χ4n) is 3.77. The number of hydrogen-bond acceptors (Lipinski definition) is 2. The van der Waals surface area contributed by atoms with Gasteiger partial charge >= 0.3 is 5.97 Å². The van der Waals surface area contributed by atoms with Crippen molar-refractivity contribution in [3.05, 3.63) is 101 Å². The van der Waals surface area contributed by atoms with Crippen molar-refractivity contribution in [3.63, 3.8) is 0 Å². The molecule has 1 aliphatic rings. The van der Waals surface area contributed by atoms with E-state index in [9.17, 15) is 4.79 Å². The number of esters is 1. The van der Waals surface area contributed by atoms with Gasteiger partial charge in [-0.1, -0.05) is 61.4 Å². The minimum absolute atomic E-state index is 0.349. The van der Waals surface area contributed by atoms with Crippen LogP contribution in [-0.2, 0) is 0 Å². The highest BCUT2D eigenvalue weighted by atomic mass is 16.5. The summed E-state index contributed by atoms with van der Waals surface area (Å²) in [5.41, 5.74) is 3.70. The second-order valence-corrected chi connectivity index (χ2v) is 7.49. The summed E-state index contributed by atoms with van der Waals surface area (Å²) in [6.07, 6.45) is 6.50. The minimum Gasteiger partial charge on any atom is -0.423 e. The Kier molecular flexibility index (Phi) is 6.07. The van der Waals surface area contributed by atoms with E-state index >= 15 is 0 Å². The van der Waals surface area contributed by atoms with Crippen LogP contribution in [-0.4, -0.2) is 5.97 Å². The van der Waals surface area contributed by atoms with Crippen molar-refractivity contribution in [2.24, 2.45) is 0 Å². The summed E-state index contributed by atoms with van der Waals surface area (Å²) in [6, 6.07) is 25.0. The monoisotopic (exact) mass is 380 g/mol. The molecular formula is C27H24O2. The van der Waals surface area contributed by atoms with Crippen LogP contribution in [0.1, 0.15) is 65.1 Å². The first kappa shape index (κ1) is 19.0. The van der Waals surface area contributed by atoms with Gasteiger partial charge in [0.1, 0.15) is 5.75 Å². The van der Waals surface area contributed by atoms with Crippen LogP contribution < -0.4 is 4.74 Å². The third kappa shape index (κ3) is 5.15. The maximum absolute atomic E-state index is 12.4. The zero-order valence-corrected chi connectivity index (χ0v) is 16.4. The van der Waals surface area contributed by atoms with E-state index < -0.39 is 0 Å². The van der Waals surface area contributed by atoms with E-state index in [1.807, 2.05) is 54.6 Å². The maximum atomic E-state index is 12.4. The molecule has 29 heavy (non-hydrogen) atoms. The number of benzene rings is 3. The summed E-state index contributed by atoms with van der Waals surface area (Å²) in [4.78, 5) is 12.4. The van der Waals surface area contributed by atoms with Crippen molar-refractivity contribution in [2.75, 3.05) is 0 Å². The summed E-state index contributed by atoms with van der Waals surface area (Å²) in [7, 11) is 0. The maximum Gasteiger partial charge on any atom is 0.343 e. The van der Waals surface area contributed by atoms with Gasteiger partial charge in [0.2, 0.25) is 0 Å². The molecule has 0 spiro atoms. The lowest BCUT2D eigenvalue weighted by molar-refractivity contribution is 0.0734. The van der Waals surface area contributed by atoms with Crippen LogP contribution in [0.3, 0.4) is 0 Å². The van der Waals surface area contributed by atoms with Gasteiger partial charge in [0.15, 0.2) is 0 Å². The molecule has 3 aromatic rings. The van der Waals surface area contributed by atoms with E-state index in [4.69, 9.17) is 4.74 Å². The first-order valence-corrected chi connectivity index (χ1v) is 10.3. The number of carbonyl (C=O) groups excluding carboxylic acids is 1. The first-order chi connectivity index (χ1) is 14.3.